The second-order valence-electron chi connectivity index (χ2n) is 6.33. The Hall–Kier alpha value is -1.68. The monoisotopic (exact) mass is 302 g/mol. The van der Waals surface area contributed by atoms with Crippen LogP contribution in [0.4, 0.5) is 0 Å². The molecule has 1 aromatic rings. The minimum absolute atomic E-state index is 0.0414. The highest BCUT2D eigenvalue weighted by Gasteiger charge is 2.21. The number of piperidine rings is 1. The fraction of sp³-hybridized carbons (Fsp3) is 0.556. The second-order valence-corrected chi connectivity index (χ2v) is 6.33. The summed E-state index contributed by atoms with van der Waals surface area (Å²) in [5.41, 5.74) is 0.687. The first-order valence-corrected chi connectivity index (χ1v) is 8.07. The van der Waals surface area contributed by atoms with E-state index in [0.29, 0.717) is 17.9 Å². The van der Waals surface area contributed by atoms with Gasteiger partial charge >= 0.3 is 0 Å². The summed E-state index contributed by atoms with van der Waals surface area (Å²) in [4.78, 5) is 28.3. The second kappa shape index (κ2) is 8.08. The third-order valence-corrected chi connectivity index (χ3v) is 4.34. The van der Waals surface area contributed by atoms with Gasteiger partial charge in [-0.3, -0.25) is 9.59 Å². The summed E-state index contributed by atoms with van der Waals surface area (Å²) in [5, 5.41) is 0. The Balaban J connectivity index is 1.75. The Labute approximate surface area is 133 Å². The van der Waals surface area contributed by atoms with Gasteiger partial charge in [0, 0.05) is 38.5 Å². The maximum absolute atomic E-state index is 12.2. The average Bonchev–Trinajstić information content (AvgIpc) is 2.53. The number of carbonyl (C=O) groups excluding carboxylic acids is 2. The molecule has 1 unspecified atom stereocenters. The van der Waals surface area contributed by atoms with Gasteiger partial charge in [0.1, 0.15) is 0 Å². The number of amides is 1. The molecule has 4 nitrogen and oxygen atoms in total. The molecular weight excluding hydrogens is 276 g/mol. The van der Waals surface area contributed by atoms with Crippen LogP contribution in [0.5, 0.6) is 0 Å². The van der Waals surface area contributed by atoms with Gasteiger partial charge in [0.2, 0.25) is 5.91 Å². The molecule has 1 aromatic carbocycles. The van der Waals surface area contributed by atoms with E-state index < -0.39 is 0 Å². The highest BCUT2D eigenvalue weighted by molar-refractivity contribution is 5.97. The molecule has 22 heavy (non-hydrogen) atoms. The Kier molecular flexibility index (Phi) is 6.13. The van der Waals surface area contributed by atoms with Crippen molar-refractivity contribution in [2.45, 2.75) is 25.7 Å². The van der Waals surface area contributed by atoms with Gasteiger partial charge in [-0.15, -0.1) is 0 Å². The van der Waals surface area contributed by atoms with Crippen molar-refractivity contribution in [1.29, 1.82) is 0 Å². The van der Waals surface area contributed by atoms with E-state index in [2.05, 4.69) is 11.9 Å². The van der Waals surface area contributed by atoms with E-state index in [-0.39, 0.29) is 18.1 Å². The Morgan fingerprint density at radius 3 is 2.64 bits per heavy atom. The molecule has 0 N–H and O–H groups in total. The summed E-state index contributed by atoms with van der Waals surface area (Å²) in [6, 6.07) is 9.18. The van der Waals surface area contributed by atoms with Crippen molar-refractivity contribution in [2.75, 3.05) is 33.7 Å². The largest absolute Gasteiger partial charge is 0.345 e. The molecule has 1 saturated heterocycles. The molecule has 0 aliphatic carbocycles. The van der Waals surface area contributed by atoms with E-state index in [1.54, 1.807) is 17.0 Å². The fourth-order valence-electron chi connectivity index (χ4n) is 3.09. The molecule has 0 radical (unpaired) electrons. The van der Waals surface area contributed by atoms with Crippen molar-refractivity contribution in [2.24, 2.45) is 5.92 Å². The van der Waals surface area contributed by atoms with E-state index in [1.165, 1.54) is 12.8 Å². The fourth-order valence-corrected chi connectivity index (χ4v) is 3.09. The third kappa shape index (κ3) is 4.95. The van der Waals surface area contributed by atoms with Crippen molar-refractivity contribution in [3.05, 3.63) is 35.9 Å². The van der Waals surface area contributed by atoms with Crippen LogP contribution in [0.1, 0.15) is 36.0 Å². The quantitative estimate of drug-likeness (QED) is 0.758. The number of hydrogen-bond acceptors (Lipinski definition) is 3. The van der Waals surface area contributed by atoms with Crippen LogP contribution < -0.4 is 0 Å². The van der Waals surface area contributed by atoms with Crippen molar-refractivity contribution in [3.63, 3.8) is 0 Å². The number of hydrogen-bond donors (Lipinski definition) is 0. The number of nitrogens with zero attached hydrogens (tertiary/aromatic N) is 2. The maximum Gasteiger partial charge on any atom is 0.222 e. The number of carbonyl (C=O) groups is 2. The van der Waals surface area contributed by atoms with Crippen LogP contribution >= 0.6 is 0 Å². The number of benzene rings is 1. The SMILES string of the molecule is CN1CCCC(CN(C)C(=O)CCC(=O)c2ccccc2)C1. The van der Waals surface area contributed by atoms with Crippen LogP contribution in [0, 0.1) is 5.92 Å². The van der Waals surface area contributed by atoms with E-state index in [9.17, 15) is 9.59 Å². The number of rotatable bonds is 6. The van der Waals surface area contributed by atoms with Gasteiger partial charge in [0.15, 0.2) is 5.78 Å². The number of likely N-dealkylation sites (tertiary alicyclic amines) is 1. The molecule has 0 aromatic heterocycles. The number of Topliss-reactive ketones (excluding diaryl/α,β-unsaturated/α-hetero) is 1. The minimum atomic E-state index is 0.0414. The van der Waals surface area contributed by atoms with E-state index in [1.807, 2.05) is 25.2 Å². The molecule has 1 atom stereocenters. The molecule has 0 spiro atoms. The van der Waals surface area contributed by atoms with Crippen molar-refractivity contribution >= 4 is 11.7 Å². The van der Waals surface area contributed by atoms with Crippen LogP contribution in [-0.4, -0.2) is 55.2 Å². The summed E-state index contributed by atoms with van der Waals surface area (Å²) in [6.07, 6.45) is 2.98. The number of ketones is 1. The minimum Gasteiger partial charge on any atom is -0.345 e. The molecule has 1 aliphatic rings. The highest BCUT2D eigenvalue weighted by atomic mass is 16.2. The first-order valence-electron chi connectivity index (χ1n) is 8.07. The lowest BCUT2D eigenvalue weighted by molar-refractivity contribution is -0.130. The summed E-state index contributed by atoms with van der Waals surface area (Å²) >= 11 is 0. The highest BCUT2D eigenvalue weighted by Crippen LogP contribution is 2.16. The first-order chi connectivity index (χ1) is 10.6. The van der Waals surface area contributed by atoms with Gasteiger partial charge in [-0.05, 0) is 32.4 Å². The molecule has 2 rings (SSSR count). The molecule has 1 heterocycles. The zero-order valence-electron chi connectivity index (χ0n) is 13.6. The molecule has 0 bridgehead atoms. The zero-order valence-corrected chi connectivity index (χ0v) is 13.6. The van der Waals surface area contributed by atoms with Crippen LogP contribution in [0.3, 0.4) is 0 Å². The lowest BCUT2D eigenvalue weighted by atomic mass is 9.98. The predicted octanol–water partition coefficient (Wildman–Crippen LogP) is 2.45. The van der Waals surface area contributed by atoms with Crippen LogP contribution in [0.25, 0.3) is 0 Å². The van der Waals surface area contributed by atoms with Crippen LogP contribution in [0.15, 0.2) is 30.3 Å². The van der Waals surface area contributed by atoms with Gasteiger partial charge in [-0.1, -0.05) is 30.3 Å². The average molecular weight is 302 g/mol. The molecule has 1 aliphatic heterocycles. The molecule has 120 valence electrons. The summed E-state index contributed by atoms with van der Waals surface area (Å²) in [5.74, 6) is 0.662. The maximum atomic E-state index is 12.2. The van der Waals surface area contributed by atoms with Crippen LogP contribution in [-0.2, 0) is 4.79 Å². The van der Waals surface area contributed by atoms with E-state index in [4.69, 9.17) is 0 Å². The molecule has 1 fully saturated rings. The lowest BCUT2D eigenvalue weighted by Crippen LogP contribution is -2.40. The summed E-state index contributed by atoms with van der Waals surface area (Å²) in [6.45, 7) is 3.00. The van der Waals surface area contributed by atoms with Gasteiger partial charge < -0.3 is 9.80 Å². The van der Waals surface area contributed by atoms with Gasteiger partial charge in [-0.2, -0.15) is 0 Å². The van der Waals surface area contributed by atoms with Gasteiger partial charge in [0.05, 0.1) is 0 Å². The topological polar surface area (TPSA) is 40.6 Å². The summed E-state index contributed by atoms with van der Waals surface area (Å²) in [7, 11) is 3.98. The Bertz CT molecular complexity index is 501. The van der Waals surface area contributed by atoms with Crippen molar-refractivity contribution in [1.82, 2.24) is 9.80 Å². The Morgan fingerprint density at radius 2 is 1.95 bits per heavy atom. The lowest BCUT2D eigenvalue weighted by Gasteiger charge is -2.32. The first kappa shape index (κ1) is 16.7. The van der Waals surface area contributed by atoms with Crippen LogP contribution in [0.2, 0.25) is 0 Å². The third-order valence-electron chi connectivity index (χ3n) is 4.34. The van der Waals surface area contributed by atoms with Crippen molar-refractivity contribution in [3.8, 4) is 0 Å². The van der Waals surface area contributed by atoms with E-state index >= 15 is 0 Å². The van der Waals surface area contributed by atoms with E-state index in [0.717, 1.165) is 19.6 Å². The standard InChI is InChI=1S/C18H26N2O2/c1-19-12-6-7-15(13-19)14-20(2)18(22)11-10-17(21)16-8-4-3-5-9-16/h3-5,8-9,15H,6-7,10-14H2,1-2H3. The molecule has 4 heteroatoms. The molecule has 0 saturated carbocycles. The molecule has 1 amide bonds. The normalized spacial score (nSPS) is 18.9. The summed E-state index contributed by atoms with van der Waals surface area (Å²) < 4.78 is 0. The smallest absolute Gasteiger partial charge is 0.222 e. The predicted molar refractivity (Wildman–Crippen MR) is 87.9 cm³/mol. The Morgan fingerprint density at radius 1 is 1.23 bits per heavy atom. The zero-order chi connectivity index (χ0) is 15.9. The molecular formula is C18H26N2O2. The van der Waals surface area contributed by atoms with Gasteiger partial charge in [-0.25, -0.2) is 0 Å². The van der Waals surface area contributed by atoms with Gasteiger partial charge in [0.25, 0.3) is 0 Å². The van der Waals surface area contributed by atoms with Crippen molar-refractivity contribution < 1.29 is 9.59 Å².